The zero-order chi connectivity index (χ0) is 10.8. The molecular formula is C9H22N4O. The van der Waals surface area contributed by atoms with Gasteiger partial charge in [0, 0.05) is 20.2 Å². The molecule has 0 aromatic carbocycles. The number of unbranched alkanes of at least 4 members (excludes halogenated alkanes) is 1. The first-order valence-electron chi connectivity index (χ1n) is 4.99. The molecule has 0 bridgehead atoms. The van der Waals surface area contributed by atoms with Gasteiger partial charge < -0.3 is 10.1 Å². The van der Waals surface area contributed by atoms with Gasteiger partial charge in [-0.05, 0) is 26.7 Å². The maximum Gasteiger partial charge on any atom is 0.205 e. The summed E-state index contributed by atoms with van der Waals surface area (Å²) in [4.78, 5) is 3.89. The number of nitrogens with zero attached hydrogens (tertiary/aromatic N) is 1. The quantitative estimate of drug-likeness (QED) is 0.189. The molecule has 0 aliphatic heterocycles. The van der Waals surface area contributed by atoms with Crippen LogP contribution in [-0.4, -0.2) is 32.3 Å². The Bertz CT molecular complexity index is 159. The van der Waals surface area contributed by atoms with Crippen molar-refractivity contribution in [1.29, 1.82) is 0 Å². The molecular weight excluding hydrogens is 180 g/mol. The molecule has 0 rings (SSSR count). The standard InChI is InChI=1S/C9H22N4O/c1-8(2)14-7-5-4-6-12-9(11-3)13-10/h8H,4-7,10H2,1-3H3,(H2,11,12,13). The van der Waals surface area contributed by atoms with Crippen LogP contribution in [0.4, 0.5) is 0 Å². The SMILES string of the molecule is CN=C(NN)NCCCCOC(C)C. The zero-order valence-electron chi connectivity index (χ0n) is 9.34. The first-order valence-corrected chi connectivity index (χ1v) is 4.99. The Balaban J connectivity index is 3.21. The van der Waals surface area contributed by atoms with E-state index in [9.17, 15) is 0 Å². The van der Waals surface area contributed by atoms with Gasteiger partial charge in [-0.1, -0.05) is 0 Å². The third-order valence-electron chi connectivity index (χ3n) is 1.68. The minimum atomic E-state index is 0.321. The highest BCUT2D eigenvalue weighted by atomic mass is 16.5. The Morgan fingerprint density at radius 2 is 2.14 bits per heavy atom. The molecule has 0 fully saturated rings. The third-order valence-corrected chi connectivity index (χ3v) is 1.68. The number of ether oxygens (including phenoxy) is 1. The lowest BCUT2D eigenvalue weighted by Gasteiger charge is -2.09. The van der Waals surface area contributed by atoms with Crippen molar-refractivity contribution in [3.8, 4) is 0 Å². The van der Waals surface area contributed by atoms with Gasteiger partial charge in [0.05, 0.1) is 6.10 Å². The average Bonchev–Trinajstić information content (AvgIpc) is 2.16. The summed E-state index contributed by atoms with van der Waals surface area (Å²) in [5.74, 6) is 5.82. The van der Waals surface area contributed by atoms with E-state index >= 15 is 0 Å². The van der Waals surface area contributed by atoms with Crippen molar-refractivity contribution in [2.45, 2.75) is 32.8 Å². The van der Waals surface area contributed by atoms with Gasteiger partial charge >= 0.3 is 0 Å². The Morgan fingerprint density at radius 3 is 2.64 bits per heavy atom. The summed E-state index contributed by atoms with van der Waals surface area (Å²) in [6, 6.07) is 0. The summed E-state index contributed by atoms with van der Waals surface area (Å²) in [5, 5.41) is 3.07. The first-order chi connectivity index (χ1) is 6.70. The van der Waals surface area contributed by atoms with Gasteiger partial charge in [-0.3, -0.25) is 10.4 Å². The molecule has 84 valence electrons. The van der Waals surface area contributed by atoms with E-state index in [1.165, 1.54) is 0 Å². The molecule has 0 amide bonds. The largest absolute Gasteiger partial charge is 0.379 e. The lowest BCUT2D eigenvalue weighted by Crippen LogP contribution is -2.41. The van der Waals surface area contributed by atoms with E-state index in [1.807, 2.05) is 13.8 Å². The van der Waals surface area contributed by atoms with Crippen LogP contribution in [0.1, 0.15) is 26.7 Å². The monoisotopic (exact) mass is 202 g/mol. The van der Waals surface area contributed by atoms with E-state index in [0.717, 1.165) is 26.0 Å². The van der Waals surface area contributed by atoms with Gasteiger partial charge in [-0.2, -0.15) is 0 Å². The van der Waals surface area contributed by atoms with E-state index in [-0.39, 0.29) is 0 Å². The van der Waals surface area contributed by atoms with Crippen molar-refractivity contribution in [3.63, 3.8) is 0 Å². The second-order valence-electron chi connectivity index (χ2n) is 3.27. The molecule has 0 aromatic heterocycles. The number of aliphatic imine (C=N–C) groups is 1. The van der Waals surface area contributed by atoms with Crippen molar-refractivity contribution in [1.82, 2.24) is 10.7 Å². The van der Waals surface area contributed by atoms with Crippen LogP contribution in [0.5, 0.6) is 0 Å². The number of rotatable bonds is 6. The summed E-state index contributed by atoms with van der Waals surface area (Å²) in [6.07, 6.45) is 2.42. The fourth-order valence-electron chi connectivity index (χ4n) is 0.948. The van der Waals surface area contributed by atoms with Crippen molar-refractivity contribution in [2.24, 2.45) is 10.8 Å². The summed E-state index contributed by atoms with van der Waals surface area (Å²) in [5.41, 5.74) is 2.47. The predicted octanol–water partition coefficient (Wildman–Crippen LogP) is 0.230. The fraction of sp³-hybridized carbons (Fsp3) is 0.889. The second-order valence-corrected chi connectivity index (χ2v) is 3.27. The summed E-state index contributed by atoms with van der Waals surface area (Å²) < 4.78 is 5.40. The van der Waals surface area contributed by atoms with Gasteiger partial charge in [0.15, 0.2) is 0 Å². The van der Waals surface area contributed by atoms with Gasteiger partial charge in [0.2, 0.25) is 5.96 Å². The topological polar surface area (TPSA) is 71.7 Å². The number of nitrogens with two attached hydrogens (primary N) is 1. The van der Waals surface area contributed by atoms with Crippen LogP contribution in [0.25, 0.3) is 0 Å². The van der Waals surface area contributed by atoms with E-state index in [2.05, 4.69) is 15.7 Å². The van der Waals surface area contributed by atoms with Crippen LogP contribution < -0.4 is 16.6 Å². The molecule has 0 spiro atoms. The Morgan fingerprint density at radius 1 is 1.43 bits per heavy atom. The van der Waals surface area contributed by atoms with Crippen LogP contribution in [-0.2, 0) is 4.74 Å². The van der Waals surface area contributed by atoms with E-state index in [4.69, 9.17) is 10.6 Å². The van der Waals surface area contributed by atoms with E-state index in [0.29, 0.717) is 12.1 Å². The molecule has 0 aromatic rings. The lowest BCUT2D eigenvalue weighted by molar-refractivity contribution is 0.0762. The molecule has 5 heteroatoms. The highest BCUT2D eigenvalue weighted by Crippen LogP contribution is 1.93. The minimum Gasteiger partial charge on any atom is -0.379 e. The number of hydrazine groups is 1. The van der Waals surface area contributed by atoms with Gasteiger partial charge in [0.25, 0.3) is 0 Å². The minimum absolute atomic E-state index is 0.321. The van der Waals surface area contributed by atoms with Crippen molar-refractivity contribution in [2.75, 3.05) is 20.2 Å². The van der Waals surface area contributed by atoms with Crippen molar-refractivity contribution >= 4 is 5.96 Å². The molecule has 14 heavy (non-hydrogen) atoms. The molecule has 0 saturated carbocycles. The third kappa shape index (κ3) is 7.82. The zero-order valence-corrected chi connectivity index (χ0v) is 9.34. The summed E-state index contributed by atoms with van der Waals surface area (Å²) in [7, 11) is 1.68. The summed E-state index contributed by atoms with van der Waals surface area (Å²) >= 11 is 0. The molecule has 5 nitrogen and oxygen atoms in total. The van der Waals surface area contributed by atoms with Crippen LogP contribution in [0.15, 0.2) is 4.99 Å². The number of hydrogen-bond acceptors (Lipinski definition) is 3. The molecule has 0 unspecified atom stereocenters. The Labute approximate surface area is 86.1 Å². The van der Waals surface area contributed by atoms with Crippen LogP contribution in [0.2, 0.25) is 0 Å². The number of nitrogens with one attached hydrogen (secondary N) is 2. The van der Waals surface area contributed by atoms with Crippen molar-refractivity contribution < 1.29 is 4.74 Å². The van der Waals surface area contributed by atoms with Crippen LogP contribution in [0, 0.1) is 0 Å². The molecule has 0 saturated heterocycles. The predicted molar refractivity (Wildman–Crippen MR) is 59.0 cm³/mol. The normalized spacial score (nSPS) is 11.9. The molecule has 4 N–H and O–H groups in total. The Hall–Kier alpha value is -0.810. The molecule has 0 radical (unpaired) electrons. The highest BCUT2D eigenvalue weighted by Gasteiger charge is 1.94. The maximum absolute atomic E-state index is 5.40. The number of hydrogen-bond donors (Lipinski definition) is 3. The van der Waals surface area contributed by atoms with Gasteiger partial charge in [0.1, 0.15) is 0 Å². The molecule has 0 aliphatic rings. The highest BCUT2D eigenvalue weighted by molar-refractivity contribution is 5.78. The lowest BCUT2D eigenvalue weighted by atomic mass is 10.3. The summed E-state index contributed by atoms with van der Waals surface area (Å²) in [6.45, 7) is 5.75. The van der Waals surface area contributed by atoms with Gasteiger partial charge in [-0.15, -0.1) is 0 Å². The van der Waals surface area contributed by atoms with Crippen molar-refractivity contribution in [3.05, 3.63) is 0 Å². The fourth-order valence-corrected chi connectivity index (χ4v) is 0.948. The molecule has 0 aliphatic carbocycles. The van der Waals surface area contributed by atoms with Crippen LogP contribution >= 0.6 is 0 Å². The Kier molecular flexibility index (Phi) is 8.27. The first kappa shape index (κ1) is 13.2. The van der Waals surface area contributed by atoms with E-state index in [1.54, 1.807) is 7.05 Å². The maximum atomic E-state index is 5.40. The van der Waals surface area contributed by atoms with Crippen LogP contribution in [0.3, 0.4) is 0 Å². The van der Waals surface area contributed by atoms with E-state index < -0.39 is 0 Å². The second kappa shape index (κ2) is 8.77. The molecule has 0 atom stereocenters. The molecule has 0 heterocycles. The average molecular weight is 202 g/mol. The van der Waals surface area contributed by atoms with Gasteiger partial charge in [-0.25, -0.2) is 5.84 Å². The number of guanidine groups is 1. The smallest absolute Gasteiger partial charge is 0.205 e.